The Hall–Kier alpha value is -2.54. The molecule has 0 aliphatic carbocycles. The number of aldehydes is 1. The zero-order valence-corrected chi connectivity index (χ0v) is 12.0. The van der Waals surface area contributed by atoms with Gasteiger partial charge in [0.1, 0.15) is 18.4 Å². The molecule has 2 fully saturated rings. The summed E-state index contributed by atoms with van der Waals surface area (Å²) in [5.41, 5.74) is 6.58. The van der Waals surface area contributed by atoms with Gasteiger partial charge in [-0.1, -0.05) is 19.2 Å². The lowest BCUT2D eigenvalue weighted by Crippen LogP contribution is -2.55. The molecule has 2 aliphatic rings. The molecule has 0 aromatic rings. The first-order valence-electron chi connectivity index (χ1n) is 6.82. The van der Waals surface area contributed by atoms with Crippen LogP contribution < -0.4 is 11.1 Å². The maximum atomic E-state index is 12.7. The molecular weight excluding hydrogens is 286 g/mol. The first kappa shape index (κ1) is 15.8. The van der Waals surface area contributed by atoms with E-state index >= 15 is 0 Å². The molecule has 0 saturated carbocycles. The van der Waals surface area contributed by atoms with Crippen LogP contribution in [0.2, 0.25) is 0 Å². The van der Waals surface area contributed by atoms with E-state index in [1.807, 2.05) is 0 Å². The lowest BCUT2D eigenvalue weighted by Gasteiger charge is -2.31. The molecule has 3 N–H and O–H groups in total. The van der Waals surface area contributed by atoms with Crippen molar-refractivity contribution >= 4 is 24.0 Å². The zero-order chi connectivity index (χ0) is 16.4. The summed E-state index contributed by atoms with van der Waals surface area (Å²) in [7, 11) is 0. The molecule has 0 aromatic carbocycles. The lowest BCUT2D eigenvalue weighted by atomic mass is 10.00. The molecule has 0 spiro atoms. The van der Waals surface area contributed by atoms with Crippen molar-refractivity contribution in [1.29, 1.82) is 0 Å². The van der Waals surface area contributed by atoms with E-state index in [9.17, 15) is 19.2 Å². The van der Waals surface area contributed by atoms with Gasteiger partial charge in [0.25, 0.3) is 5.91 Å². The van der Waals surface area contributed by atoms with Crippen molar-refractivity contribution in [2.45, 2.75) is 24.9 Å². The molecule has 7 nitrogen and oxygen atoms in total. The van der Waals surface area contributed by atoms with E-state index in [1.54, 1.807) is 0 Å². The summed E-state index contributed by atoms with van der Waals surface area (Å²) >= 11 is 0. The summed E-state index contributed by atoms with van der Waals surface area (Å²) in [4.78, 5) is 48.4. The number of nitrogens with zero attached hydrogens (tertiary/aromatic N) is 1. The minimum Gasteiger partial charge on any atom is -0.326 e. The Bertz CT molecular complexity index is 620. The number of nitrogens with two attached hydrogens (primary N) is 1. The fraction of sp³-hybridized carbons (Fsp3) is 0.333. The number of hydrogen-bond acceptors (Lipinski definition) is 5. The predicted molar refractivity (Wildman–Crippen MR) is 78.3 cm³/mol. The van der Waals surface area contributed by atoms with Gasteiger partial charge in [-0.3, -0.25) is 19.7 Å². The van der Waals surface area contributed by atoms with Crippen molar-refractivity contribution in [1.82, 2.24) is 10.2 Å². The van der Waals surface area contributed by atoms with Crippen molar-refractivity contribution in [2.75, 3.05) is 6.54 Å². The first-order chi connectivity index (χ1) is 10.5. The molecule has 2 heterocycles. The van der Waals surface area contributed by atoms with Crippen LogP contribution in [0.15, 0.2) is 36.0 Å². The standard InChI is InChI=1S/C15H17N3O4/c1-3-9(6-16)13-8(2)11(7-19)18(15(13)22)10-4-5-12(20)17-14(10)21/h3,7,10-11H,1-2,4-6,16H2,(H,17,20,21)/b13-9-. The van der Waals surface area contributed by atoms with Crippen molar-refractivity contribution in [3.05, 3.63) is 36.0 Å². The van der Waals surface area contributed by atoms with E-state index in [1.165, 1.54) is 11.0 Å². The van der Waals surface area contributed by atoms with E-state index in [4.69, 9.17) is 5.73 Å². The van der Waals surface area contributed by atoms with Crippen LogP contribution in [0.4, 0.5) is 0 Å². The average molecular weight is 303 g/mol. The maximum absolute atomic E-state index is 12.7. The molecule has 2 aliphatic heterocycles. The van der Waals surface area contributed by atoms with Crippen molar-refractivity contribution < 1.29 is 19.2 Å². The van der Waals surface area contributed by atoms with Crippen LogP contribution >= 0.6 is 0 Å². The third-order valence-corrected chi connectivity index (χ3v) is 3.89. The Kier molecular flexibility index (Phi) is 4.37. The van der Waals surface area contributed by atoms with Crippen LogP contribution in [0.1, 0.15) is 12.8 Å². The predicted octanol–water partition coefficient (Wildman–Crippen LogP) is -0.801. The maximum Gasteiger partial charge on any atom is 0.256 e. The van der Waals surface area contributed by atoms with Crippen molar-refractivity contribution in [3.8, 4) is 0 Å². The topological polar surface area (TPSA) is 110 Å². The summed E-state index contributed by atoms with van der Waals surface area (Å²) in [5.74, 6) is -1.46. The van der Waals surface area contributed by atoms with Gasteiger partial charge >= 0.3 is 0 Å². The van der Waals surface area contributed by atoms with Gasteiger partial charge in [0.2, 0.25) is 11.8 Å². The number of hydrogen-bond donors (Lipinski definition) is 2. The number of likely N-dealkylation sites (tertiary alicyclic amines) is 1. The molecule has 22 heavy (non-hydrogen) atoms. The fourth-order valence-electron chi connectivity index (χ4n) is 2.77. The molecule has 3 amide bonds. The Balaban J connectivity index is 2.45. The van der Waals surface area contributed by atoms with E-state index in [0.717, 1.165) is 0 Å². The number of carbonyl (C=O) groups is 4. The van der Waals surface area contributed by atoms with Gasteiger partial charge < -0.3 is 15.4 Å². The molecule has 2 saturated heterocycles. The smallest absolute Gasteiger partial charge is 0.256 e. The van der Waals surface area contributed by atoms with Crippen molar-refractivity contribution in [3.63, 3.8) is 0 Å². The normalized spacial score (nSPS) is 27.8. The number of rotatable bonds is 4. The third kappa shape index (κ3) is 2.39. The highest BCUT2D eigenvalue weighted by molar-refractivity contribution is 6.10. The van der Waals surface area contributed by atoms with Gasteiger partial charge in [-0.15, -0.1) is 0 Å². The number of amides is 3. The highest BCUT2D eigenvalue weighted by Crippen LogP contribution is 2.33. The highest BCUT2D eigenvalue weighted by Gasteiger charge is 2.46. The molecule has 116 valence electrons. The number of nitrogens with one attached hydrogen (secondary N) is 1. The second-order valence-corrected chi connectivity index (χ2v) is 5.09. The number of carbonyl (C=O) groups excluding carboxylic acids is 4. The van der Waals surface area contributed by atoms with Crippen LogP contribution in [0.3, 0.4) is 0 Å². The second-order valence-electron chi connectivity index (χ2n) is 5.09. The molecule has 2 rings (SSSR count). The van der Waals surface area contributed by atoms with E-state index in [2.05, 4.69) is 18.5 Å². The van der Waals surface area contributed by atoms with Crippen LogP contribution in [0, 0.1) is 0 Å². The Morgan fingerprint density at radius 2 is 2.09 bits per heavy atom. The molecular formula is C15H17N3O4. The lowest BCUT2D eigenvalue weighted by molar-refractivity contribution is -0.144. The summed E-state index contributed by atoms with van der Waals surface area (Å²) in [6.45, 7) is 7.45. The monoisotopic (exact) mass is 303 g/mol. The van der Waals surface area contributed by atoms with Gasteiger partial charge in [-0.05, 0) is 17.6 Å². The van der Waals surface area contributed by atoms with Crippen molar-refractivity contribution in [2.24, 2.45) is 5.73 Å². The third-order valence-electron chi connectivity index (χ3n) is 3.89. The first-order valence-corrected chi connectivity index (χ1v) is 6.82. The van der Waals surface area contributed by atoms with Gasteiger partial charge in [-0.2, -0.15) is 0 Å². The summed E-state index contributed by atoms with van der Waals surface area (Å²) in [6, 6.07) is -1.81. The molecule has 7 heteroatoms. The van der Waals surface area contributed by atoms with E-state index < -0.39 is 23.9 Å². The van der Waals surface area contributed by atoms with Gasteiger partial charge in [0, 0.05) is 18.5 Å². The fourth-order valence-corrected chi connectivity index (χ4v) is 2.77. The Morgan fingerprint density at radius 3 is 2.59 bits per heavy atom. The minimum absolute atomic E-state index is 0.0678. The Morgan fingerprint density at radius 1 is 1.41 bits per heavy atom. The Labute approximate surface area is 127 Å². The second kappa shape index (κ2) is 6.07. The average Bonchev–Trinajstić information content (AvgIpc) is 2.73. The summed E-state index contributed by atoms with van der Waals surface area (Å²) < 4.78 is 0. The molecule has 2 atom stereocenters. The SMILES string of the molecule is C=C/C(CN)=C1\C(=C)C(C=O)N(C2CCC(=O)NC2=O)C1=O. The van der Waals surface area contributed by atoms with Crippen LogP contribution in [-0.4, -0.2) is 47.5 Å². The van der Waals surface area contributed by atoms with Crippen LogP contribution in [0.25, 0.3) is 0 Å². The molecule has 2 unspecified atom stereocenters. The quantitative estimate of drug-likeness (QED) is 0.401. The van der Waals surface area contributed by atoms with Gasteiger partial charge in [0.05, 0.1) is 0 Å². The van der Waals surface area contributed by atoms with Gasteiger partial charge in [-0.25, -0.2) is 0 Å². The van der Waals surface area contributed by atoms with E-state index in [-0.39, 0.29) is 30.9 Å². The number of imide groups is 1. The summed E-state index contributed by atoms with van der Waals surface area (Å²) in [5, 5.41) is 2.18. The summed E-state index contributed by atoms with van der Waals surface area (Å²) in [6.07, 6.45) is 2.29. The molecule has 0 radical (unpaired) electrons. The van der Waals surface area contributed by atoms with Crippen LogP contribution in [0.5, 0.6) is 0 Å². The van der Waals surface area contributed by atoms with E-state index in [0.29, 0.717) is 17.4 Å². The highest BCUT2D eigenvalue weighted by atomic mass is 16.2. The molecule has 0 aromatic heterocycles. The molecule has 0 bridgehead atoms. The largest absolute Gasteiger partial charge is 0.326 e. The number of piperidine rings is 1. The minimum atomic E-state index is -0.937. The zero-order valence-electron chi connectivity index (χ0n) is 12.0. The van der Waals surface area contributed by atoms with Gasteiger partial charge in [0.15, 0.2) is 0 Å². The van der Waals surface area contributed by atoms with Crippen LogP contribution in [-0.2, 0) is 19.2 Å².